The molecule has 0 aliphatic rings. The van der Waals surface area contributed by atoms with Crippen LogP contribution in [0.2, 0.25) is 0 Å². The summed E-state index contributed by atoms with van der Waals surface area (Å²) in [6.45, 7) is 8.08. The van der Waals surface area contributed by atoms with Gasteiger partial charge in [0.2, 0.25) is 5.91 Å². The highest BCUT2D eigenvalue weighted by atomic mass is 32.1. The summed E-state index contributed by atoms with van der Waals surface area (Å²) in [7, 11) is 0. The largest absolute Gasteiger partial charge is 0.494 e. The smallest absolute Gasteiger partial charge is 0.251 e. The van der Waals surface area contributed by atoms with Gasteiger partial charge in [-0.1, -0.05) is 17.7 Å². The maximum absolute atomic E-state index is 12.5. The molecule has 1 atom stereocenters. The van der Waals surface area contributed by atoms with Crippen molar-refractivity contribution in [3.63, 3.8) is 0 Å². The van der Waals surface area contributed by atoms with Crippen LogP contribution >= 0.6 is 11.3 Å². The summed E-state index contributed by atoms with van der Waals surface area (Å²) in [4.78, 5) is 30.5. The second kappa shape index (κ2) is 9.54. The molecule has 0 bridgehead atoms. The summed E-state index contributed by atoms with van der Waals surface area (Å²) in [5, 5.41) is 6.03. The van der Waals surface area contributed by atoms with Crippen molar-refractivity contribution in [2.24, 2.45) is 0 Å². The first-order valence-electron chi connectivity index (χ1n) is 9.76. The molecule has 0 fully saturated rings. The van der Waals surface area contributed by atoms with Crippen molar-refractivity contribution >= 4 is 28.3 Å². The van der Waals surface area contributed by atoms with E-state index in [1.165, 1.54) is 11.3 Å². The van der Waals surface area contributed by atoms with Gasteiger partial charge >= 0.3 is 0 Å². The topological polar surface area (TPSA) is 80.3 Å². The van der Waals surface area contributed by atoms with E-state index in [2.05, 4.69) is 15.6 Å². The molecule has 0 saturated carbocycles. The van der Waals surface area contributed by atoms with Crippen LogP contribution in [0.4, 0.5) is 5.13 Å². The van der Waals surface area contributed by atoms with Crippen LogP contribution in [0.1, 0.15) is 34.6 Å². The Morgan fingerprint density at radius 2 is 1.87 bits per heavy atom. The number of rotatable bonds is 7. The third-order valence-corrected chi connectivity index (χ3v) is 5.37. The Balaban J connectivity index is 1.65. The van der Waals surface area contributed by atoms with Crippen LogP contribution in [0, 0.1) is 13.8 Å². The van der Waals surface area contributed by atoms with E-state index in [-0.39, 0.29) is 11.8 Å². The highest BCUT2D eigenvalue weighted by molar-refractivity contribution is 7.16. The molecule has 0 aliphatic heterocycles. The molecule has 3 aromatic rings. The molecule has 2 aromatic carbocycles. The molecule has 7 heteroatoms. The number of hydrogen-bond donors (Lipinski definition) is 2. The third kappa shape index (κ3) is 5.24. The highest BCUT2D eigenvalue weighted by Gasteiger charge is 2.19. The molecule has 156 valence electrons. The van der Waals surface area contributed by atoms with Gasteiger partial charge in [0, 0.05) is 16.0 Å². The fourth-order valence-electron chi connectivity index (χ4n) is 2.94. The molecular weight excluding hydrogens is 398 g/mol. The molecule has 2 N–H and O–H groups in total. The molecule has 0 saturated heterocycles. The molecular formula is C23H25N3O3S. The van der Waals surface area contributed by atoms with Crippen LogP contribution in [0.5, 0.6) is 5.75 Å². The van der Waals surface area contributed by atoms with Gasteiger partial charge < -0.3 is 15.4 Å². The Bertz CT molecular complexity index is 1040. The standard InChI is InChI=1S/C23H25N3O3S/c1-5-29-19-11-9-17(10-12-19)20-16(4)30-23(25-20)26-21(27)15(3)24-22(28)18-8-6-7-14(2)13-18/h6-13,15H,5H2,1-4H3,(H,24,28)(H,25,26,27)/t15-/m1/s1. The molecule has 3 rings (SSSR count). The van der Waals surface area contributed by atoms with Crippen molar-refractivity contribution < 1.29 is 14.3 Å². The van der Waals surface area contributed by atoms with Gasteiger partial charge in [-0.3, -0.25) is 9.59 Å². The zero-order valence-electron chi connectivity index (χ0n) is 17.5. The van der Waals surface area contributed by atoms with Gasteiger partial charge in [-0.25, -0.2) is 4.98 Å². The molecule has 30 heavy (non-hydrogen) atoms. The maximum Gasteiger partial charge on any atom is 0.251 e. The lowest BCUT2D eigenvalue weighted by Crippen LogP contribution is -2.41. The highest BCUT2D eigenvalue weighted by Crippen LogP contribution is 2.31. The zero-order valence-corrected chi connectivity index (χ0v) is 18.3. The minimum Gasteiger partial charge on any atom is -0.494 e. The lowest BCUT2D eigenvalue weighted by molar-refractivity contribution is -0.117. The van der Waals surface area contributed by atoms with Crippen molar-refractivity contribution in [2.75, 3.05) is 11.9 Å². The summed E-state index contributed by atoms with van der Waals surface area (Å²) in [6.07, 6.45) is 0. The number of anilines is 1. The van der Waals surface area contributed by atoms with Crippen molar-refractivity contribution in [3.05, 3.63) is 64.5 Å². The molecule has 0 spiro atoms. The van der Waals surface area contributed by atoms with Gasteiger partial charge in [0.1, 0.15) is 11.8 Å². The maximum atomic E-state index is 12.5. The summed E-state index contributed by atoms with van der Waals surface area (Å²) in [5.41, 5.74) is 3.28. The van der Waals surface area contributed by atoms with Crippen LogP contribution in [0.25, 0.3) is 11.3 Å². The number of aromatic nitrogens is 1. The van der Waals surface area contributed by atoms with E-state index >= 15 is 0 Å². The Hall–Kier alpha value is -3.19. The minimum absolute atomic E-state index is 0.285. The second-order valence-electron chi connectivity index (χ2n) is 6.94. The van der Waals surface area contributed by atoms with E-state index in [4.69, 9.17) is 4.74 Å². The van der Waals surface area contributed by atoms with E-state index in [0.29, 0.717) is 17.3 Å². The van der Waals surface area contributed by atoms with Crippen LogP contribution in [0.3, 0.4) is 0 Å². The van der Waals surface area contributed by atoms with E-state index < -0.39 is 6.04 Å². The van der Waals surface area contributed by atoms with E-state index in [0.717, 1.165) is 27.4 Å². The number of aryl methyl sites for hydroxylation is 2. The lowest BCUT2D eigenvalue weighted by Gasteiger charge is -2.13. The van der Waals surface area contributed by atoms with Gasteiger partial charge in [-0.2, -0.15) is 0 Å². The number of carbonyl (C=O) groups is 2. The van der Waals surface area contributed by atoms with E-state index in [9.17, 15) is 9.59 Å². The first-order valence-corrected chi connectivity index (χ1v) is 10.6. The van der Waals surface area contributed by atoms with Crippen LogP contribution in [-0.2, 0) is 4.79 Å². The molecule has 1 aromatic heterocycles. The number of amides is 2. The second-order valence-corrected chi connectivity index (χ2v) is 8.14. The van der Waals surface area contributed by atoms with Crippen molar-refractivity contribution in [1.82, 2.24) is 10.3 Å². The number of carbonyl (C=O) groups excluding carboxylic acids is 2. The average molecular weight is 424 g/mol. The predicted molar refractivity (Wildman–Crippen MR) is 120 cm³/mol. The summed E-state index contributed by atoms with van der Waals surface area (Å²) in [5.74, 6) is 0.204. The van der Waals surface area contributed by atoms with Gasteiger partial charge in [-0.05, 0) is 64.1 Å². The number of hydrogen-bond acceptors (Lipinski definition) is 5. The SMILES string of the molecule is CCOc1ccc(-c2nc(NC(=O)[C@@H](C)NC(=O)c3cccc(C)c3)sc2C)cc1. The first-order chi connectivity index (χ1) is 14.4. The normalized spacial score (nSPS) is 11.6. The average Bonchev–Trinajstić information content (AvgIpc) is 3.08. The Labute approximate surface area is 180 Å². The zero-order chi connectivity index (χ0) is 21.7. The molecule has 0 radical (unpaired) electrons. The van der Waals surface area contributed by atoms with Gasteiger partial charge in [-0.15, -0.1) is 11.3 Å². The van der Waals surface area contributed by atoms with Crippen LogP contribution in [0.15, 0.2) is 48.5 Å². The molecule has 0 aliphatic carbocycles. The van der Waals surface area contributed by atoms with E-state index in [1.807, 2.05) is 57.2 Å². The van der Waals surface area contributed by atoms with E-state index in [1.54, 1.807) is 19.1 Å². The number of benzene rings is 2. The van der Waals surface area contributed by atoms with Crippen LogP contribution in [-0.4, -0.2) is 29.4 Å². The van der Waals surface area contributed by atoms with Crippen molar-refractivity contribution in [1.29, 1.82) is 0 Å². The summed E-state index contributed by atoms with van der Waals surface area (Å²) >= 11 is 1.40. The third-order valence-electron chi connectivity index (χ3n) is 4.49. The molecule has 0 unspecified atom stereocenters. The lowest BCUT2D eigenvalue weighted by atomic mass is 10.1. The fraction of sp³-hybridized carbons (Fsp3) is 0.261. The Kier molecular flexibility index (Phi) is 6.84. The predicted octanol–water partition coefficient (Wildman–Crippen LogP) is 4.58. The van der Waals surface area contributed by atoms with Gasteiger partial charge in [0.25, 0.3) is 5.91 Å². The number of nitrogens with zero attached hydrogens (tertiary/aromatic N) is 1. The number of ether oxygens (including phenoxy) is 1. The monoisotopic (exact) mass is 423 g/mol. The van der Waals surface area contributed by atoms with Crippen LogP contribution < -0.4 is 15.4 Å². The van der Waals surface area contributed by atoms with Gasteiger partial charge in [0.15, 0.2) is 5.13 Å². The number of thiazole rings is 1. The first kappa shape index (κ1) is 21.5. The van der Waals surface area contributed by atoms with Crippen molar-refractivity contribution in [3.8, 4) is 17.0 Å². The molecule has 6 nitrogen and oxygen atoms in total. The molecule has 2 amide bonds. The Morgan fingerprint density at radius 1 is 1.13 bits per heavy atom. The Morgan fingerprint density at radius 3 is 2.53 bits per heavy atom. The van der Waals surface area contributed by atoms with Crippen molar-refractivity contribution in [2.45, 2.75) is 33.7 Å². The quantitative estimate of drug-likeness (QED) is 0.583. The minimum atomic E-state index is -0.698. The summed E-state index contributed by atoms with van der Waals surface area (Å²) < 4.78 is 5.47. The summed E-state index contributed by atoms with van der Waals surface area (Å²) in [6, 6.07) is 14.2. The molecule has 1 heterocycles. The number of nitrogens with one attached hydrogen (secondary N) is 2. The van der Waals surface area contributed by atoms with Gasteiger partial charge in [0.05, 0.1) is 12.3 Å². The fourth-order valence-corrected chi connectivity index (χ4v) is 3.78.